The fraction of sp³-hybridized carbons (Fsp3) is 0.143. The minimum absolute atomic E-state index is 0.217. The summed E-state index contributed by atoms with van der Waals surface area (Å²) in [5, 5.41) is 8.43. The Bertz CT molecular complexity index is 1090. The molecule has 146 valence electrons. The Morgan fingerprint density at radius 2 is 2.03 bits per heavy atom. The summed E-state index contributed by atoms with van der Waals surface area (Å²) in [6.45, 7) is 0.326. The largest absolute Gasteiger partial charge is 0.497 e. The van der Waals surface area contributed by atoms with E-state index >= 15 is 0 Å². The highest BCUT2D eigenvalue weighted by Gasteiger charge is 2.20. The number of hydrogen-bond donors (Lipinski definition) is 0. The lowest BCUT2D eigenvalue weighted by atomic mass is 10.2. The van der Waals surface area contributed by atoms with Crippen LogP contribution in [0.15, 0.2) is 71.7 Å². The number of carbonyl (C=O) groups excluding carboxylic acids is 1. The van der Waals surface area contributed by atoms with Crippen LogP contribution in [0, 0.1) is 0 Å². The van der Waals surface area contributed by atoms with Gasteiger partial charge >= 0.3 is 0 Å². The zero-order valence-corrected chi connectivity index (χ0v) is 16.0. The van der Waals surface area contributed by atoms with Crippen molar-refractivity contribution in [3.63, 3.8) is 0 Å². The van der Waals surface area contributed by atoms with Gasteiger partial charge in [-0.1, -0.05) is 5.16 Å². The first-order valence-electron chi connectivity index (χ1n) is 8.95. The number of aromatic nitrogens is 4. The molecular formula is C21H19N5O3. The zero-order chi connectivity index (χ0) is 20.2. The third-order valence-electron chi connectivity index (χ3n) is 4.44. The highest BCUT2D eigenvalue weighted by atomic mass is 16.5. The molecule has 0 bridgehead atoms. The van der Waals surface area contributed by atoms with Crippen LogP contribution in [0.5, 0.6) is 5.75 Å². The Morgan fingerprint density at radius 3 is 2.69 bits per heavy atom. The highest BCUT2D eigenvalue weighted by molar-refractivity contribution is 5.93. The summed E-state index contributed by atoms with van der Waals surface area (Å²) >= 11 is 0. The van der Waals surface area contributed by atoms with Crippen LogP contribution < -0.4 is 4.74 Å². The Kier molecular flexibility index (Phi) is 5.07. The smallest absolute Gasteiger partial charge is 0.274 e. The van der Waals surface area contributed by atoms with Gasteiger partial charge in [0.15, 0.2) is 5.69 Å². The minimum atomic E-state index is -0.217. The van der Waals surface area contributed by atoms with Gasteiger partial charge in [0.25, 0.3) is 5.91 Å². The Hall–Kier alpha value is -3.94. The average molecular weight is 389 g/mol. The summed E-state index contributed by atoms with van der Waals surface area (Å²) in [5.41, 5.74) is 3.42. The third kappa shape index (κ3) is 3.86. The van der Waals surface area contributed by atoms with E-state index in [1.807, 2.05) is 36.4 Å². The molecule has 0 unspecified atom stereocenters. The van der Waals surface area contributed by atoms with E-state index in [9.17, 15) is 4.79 Å². The summed E-state index contributed by atoms with van der Waals surface area (Å²) in [5.74, 6) is 0.526. The van der Waals surface area contributed by atoms with E-state index in [0.29, 0.717) is 17.9 Å². The quantitative estimate of drug-likeness (QED) is 0.503. The molecule has 4 aromatic rings. The van der Waals surface area contributed by atoms with Crippen LogP contribution in [-0.4, -0.2) is 44.9 Å². The fourth-order valence-corrected chi connectivity index (χ4v) is 2.96. The van der Waals surface area contributed by atoms with Crippen LogP contribution in [0.2, 0.25) is 0 Å². The van der Waals surface area contributed by atoms with E-state index in [1.165, 1.54) is 6.26 Å². The lowest BCUT2D eigenvalue weighted by molar-refractivity contribution is 0.0776. The van der Waals surface area contributed by atoms with Gasteiger partial charge in [0.2, 0.25) is 0 Å². The van der Waals surface area contributed by atoms with Crippen LogP contribution in [0.3, 0.4) is 0 Å². The number of carbonyl (C=O) groups is 1. The van der Waals surface area contributed by atoms with Gasteiger partial charge in [-0.25, -0.2) is 4.68 Å². The van der Waals surface area contributed by atoms with Crippen LogP contribution >= 0.6 is 0 Å². The average Bonchev–Trinajstić information content (AvgIpc) is 3.44. The summed E-state index contributed by atoms with van der Waals surface area (Å²) in [4.78, 5) is 18.7. The van der Waals surface area contributed by atoms with Gasteiger partial charge in [0.1, 0.15) is 17.7 Å². The molecule has 0 atom stereocenters. The molecule has 0 aliphatic heterocycles. The van der Waals surface area contributed by atoms with Gasteiger partial charge < -0.3 is 14.2 Å². The summed E-state index contributed by atoms with van der Waals surface area (Å²) in [6, 6.07) is 14.7. The summed E-state index contributed by atoms with van der Waals surface area (Å²) < 4.78 is 11.8. The van der Waals surface area contributed by atoms with Gasteiger partial charge in [-0.2, -0.15) is 5.10 Å². The Morgan fingerprint density at radius 1 is 1.21 bits per heavy atom. The third-order valence-corrected chi connectivity index (χ3v) is 4.44. The van der Waals surface area contributed by atoms with Crippen molar-refractivity contribution < 1.29 is 14.1 Å². The summed E-state index contributed by atoms with van der Waals surface area (Å²) in [7, 11) is 3.32. The molecule has 0 aliphatic rings. The van der Waals surface area contributed by atoms with E-state index in [-0.39, 0.29) is 5.91 Å². The molecular weight excluding hydrogens is 370 g/mol. The molecule has 29 heavy (non-hydrogen) atoms. The van der Waals surface area contributed by atoms with Crippen molar-refractivity contribution in [2.24, 2.45) is 0 Å². The molecule has 4 rings (SSSR count). The van der Waals surface area contributed by atoms with Gasteiger partial charge in [-0.3, -0.25) is 9.78 Å². The molecule has 0 spiro atoms. The fourth-order valence-electron chi connectivity index (χ4n) is 2.96. The molecule has 0 N–H and O–H groups in total. The van der Waals surface area contributed by atoms with E-state index in [1.54, 1.807) is 48.3 Å². The molecule has 8 nitrogen and oxygen atoms in total. The number of methoxy groups -OCH3 is 1. The van der Waals surface area contributed by atoms with Gasteiger partial charge in [0, 0.05) is 31.1 Å². The molecule has 3 heterocycles. The number of hydrogen-bond acceptors (Lipinski definition) is 6. The van der Waals surface area contributed by atoms with Crippen LogP contribution in [0.4, 0.5) is 0 Å². The monoisotopic (exact) mass is 389 g/mol. The maximum atomic E-state index is 13.0. The van der Waals surface area contributed by atoms with E-state index in [0.717, 1.165) is 22.7 Å². The van der Waals surface area contributed by atoms with E-state index in [4.69, 9.17) is 9.26 Å². The van der Waals surface area contributed by atoms with Gasteiger partial charge in [-0.05, 0) is 42.5 Å². The molecule has 0 fully saturated rings. The molecule has 8 heteroatoms. The number of pyridine rings is 1. The number of nitrogens with zero attached hydrogens (tertiary/aromatic N) is 5. The van der Waals surface area contributed by atoms with Crippen molar-refractivity contribution in [3.05, 3.63) is 78.6 Å². The molecule has 3 aromatic heterocycles. The minimum Gasteiger partial charge on any atom is -0.497 e. The predicted molar refractivity (Wildman–Crippen MR) is 106 cm³/mol. The zero-order valence-electron chi connectivity index (χ0n) is 16.0. The second-order valence-electron chi connectivity index (χ2n) is 6.42. The first-order valence-corrected chi connectivity index (χ1v) is 8.95. The lowest BCUT2D eigenvalue weighted by Gasteiger charge is -2.13. The van der Waals surface area contributed by atoms with Crippen molar-refractivity contribution in [1.29, 1.82) is 0 Å². The number of amides is 1. The standard InChI is InChI=1S/C21H19N5O3/c1-25(14-16-9-11-29-24-16)21(27)19-12-20(15-4-3-10-22-13-15)26(23-19)17-5-7-18(28-2)8-6-17/h3-13H,14H2,1-2H3. The number of rotatable bonds is 6. The molecule has 0 aliphatic carbocycles. The van der Waals surface area contributed by atoms with Gasteiger partial charge in [-0.15, -0.1) is 0 Å². The second-order valence-corrected chi connectivity index (χ2v) is 6.42. The normalized spacial score (nSPS) is 10.7. The molecule has 1 aromatic carbocycles. The van der Waals surface area contributed by atoms with Crippen molar-refractivity contribution in [1.82, 2.24) is 24.8 Å². The Balaban J connectivity index is 1.71. The van der Waals surface area contributed by atoms with Crippen LogP contribution in [0.1, 0.15) is 16.2 Å². The first-order chi connectivity index (χ1) is 14.2. The summed E-state index contributed by atoms with van der Waals surface area (Å²) in [6.07, 6.45) is 4.92. The molecule has 1 amide bonds. The van der Waals surface area contributed by atoms with Crippen LogP contribution in [-0.2, 0) is 6.54 Å². The maximum Gasteiger partial charge on any atom is 0.274 e. The first kappa shape index (κ1) is 18.4. The van der Waals surface area contributed by atoms with E-state index in [2.05, 4.69) is 15.2 Å². The van der Waals surface area contributed by atoms with Crippen molar-refractivity contribution in [2.75, 3.05) is 14.2 Å². The molecule has 0 saturated carbocycles. The molecule has 0 saturated heterocycles. The predicted octanol–water partition coefficient (Wildman–Crippen LogP) is 3.20. The number of benzene rings is 1. The number of ether oxygens (including phenoxy) is 1. The lowest BCUT2D eigenvalue weighted by Crippen LogP contribution is -2.26. The van der Waals surface area contributed by atoms with Crippen molar-refractivity contribution in [2.45, 2.75) is 6.54 Å². The molecule has 0 radical (unpaired) electrons. The van der Waals surface area contributed by atoms with Crippen LogP contribution in [0.25, 0.3) is 16.9 Å². The van der Waals surface area contributed by atoms with Gasteiger partial charge in [0.05, 0.1) is 25.0 Å². The topological polar surface area (TPSA) is 86.3 Å². The SMILES string of the molecule is COc1ccc(-n2nc(C(=O)N(C)Cc3ccon3)cc2-c2cccnc2)cc1. The highest BCUT2D eigenvalue weighted by Crippen LogP contribution is 2.25. The van der Waals surface area contributed by atoms with Crippen molar-refractivity contribution >= 4 is 5.91 Å². The maximum absolute atomic E-state index is 13.0. The second kappa shape index (κ2) is 7.97. The van der Waals surface area contributed by atoms with Crippen molar-refractivity contribution in [3.8, 4) is 22.7 Å². The Labute approximate surface area is 167 Å². The van der Waals surface area contributed by atoms with E-state index < -0.39 is 0 Å².